The molecule has 0 fully saturated rings. The van der Waals surface area contributed by atoms with Gasteiger partial charge in [0, 0.05) is 31.7 Å². The molecule has 0 aliphatic carbocycles. The van der Waals surface area contributed by atoms with E-state index < -0.39 is 0 Å². The number of anilines is 1. The molecule has 0 aliphatic rings. The summed E-state index contributed by atoms with van der Waals surface area (Å²) in [5.41, 5.74) is 3.39. The molecule has 1 aromatic carbocycles. The van der Waals surface area contributed by atoms with Crippen molar-refractivity contribution in [3.8, 4) is 5.69 Å². The number of nitrogens with zero attached hydrogens (tertiary/aromatic N) is 3. The van der Waals surface area contributed by atoms with Crippen molar-refractivity contribution in [2.45, 2.75) is 6.92 Å². The summed E-state index contributed by atoms with van der Waals surface area (Å²) in [6, 6.07) is 11.0. The first-order valence-electron chi connectivity index (χ1n) is 8.34. The largest absolute Gasteiger partial charge is 0.355 e. The van der Waals surface area contributed by atoms with Crippen molar-refractivity contribution in [3.05, 3.63) is 77.9 Å². The molecule has 2 N–H and O–H groups in total. The lowest BCUT2D eigenvalue weighted by Crippen LogP contribution is -2.17. The van der Waals surface area contributed by atoms with Crippen LogP contribution in [0.15, 0.2) is 61.1 Å². The van der Waals surface area contributed by atoms with Crippen molar-refractivity contribution in [3.63, 3.8) is 0 Å². The van der Waals surface area contributed by atoms with E-state index in [2.05, 4.69) is 20.7 Å². The third kappa shape index (κ3) is 4.46. The molecule has 0 saturated heterocycles. The number of carbonyl (C=O) groups is 2. The predicted octanol–water partition coefficient (Wildman–Crippen LogP) is 2.59. The Labute approximate surface area is 156 Å². The van der Waals surface area contributed by atoms with Gasteiger partial charge >= 0.3 is 0 Å². The Kier molecular flexibility index (Phi) is 5.41. The molecule has 0 atom stereocenters. The van der Waals surface area contributed by atoms with Gasteiger partial charge in [-0.3, -0.25) is 14.6 Å². The molecule has 136 valence electrons. The molecule has 0 saturated carbocycles. The van der Waals surface area contributed by atoms with Crippen LogP contribution < -0.4 is 10.6 Å². The van der Waals surface area contributed by atoms with Crippen LogP contribution in [0, 0.1) is 6.92 Å². The Morgan fingerprint density at radius 1 is 1.15 bits per heavy atom. The topological polar surface area (TPSA) is 88.9 Å². The number of rotatable bonds is 5. The Morgan fingerprint density at radius 2 is 1.96 bits per heavy atom. The molecule has 7 heteroatoms. The highest BCUT2D eigenvalue weighted by molar-refractivity contribution is 6.03. The molecular weight excluding hydrogens is 342 g/mol. The molecule has 27 heavy (non-hydrogen) atoms. The molecule has 0 aliphatic heterocycles. The normalized spacial score (nSPS) is 10.7. The summed E-state index contributed by atoms with van der Waals surface area (Å²) < 4.78 is 1.71. The lowest BCUT2D eigenvalue weighted by molar-refractivity contribution is -0.111. The van der Waals surface area contributed by atoms with E-state index in [1.165, 1.54) is 12.3 Å². The van der Waals surface area contributed by atoms with Crippen LogP contribution in [0.1, 0.15) is 21.6 Å². The van der Waals surface area contributed by atoms with E-state index in [-0.39, 0.29) is 11.8 Å². The summed E-state index contributed by atoms with van der Waals surface area (Å²) in [6.07, 6.45) is 7.90. The standard InChI is InChI=1S/C20H19N5O2/c1-14-9-10-25(24-14)18-6-4-3-5-17(18)23-19(26)8-7-15-11-16(13-22-12-15)20(27)21-2/h3-13H,1-2H3,(H,21,27)(H,23,26)/b8-7+. The quantitative estimate of drug-likeness (QED) is 0.684. The number of benzene rings is 1. The highest BCUT2D eigenvalue weighted by Crippen LogP contribution is 2.19. The minimum absolute atomic E-state index is 0.231. The average molecular weight is 361 g/mol. The van der Waals surface area contributed by atoms with Crippen LogP contribution in [0.5, 0.6) is 0 Å². The van der Waals surface area contributed by atoms with Crippen LogP contribution in [0.3, 0.4) is 0 Å². The minimum atomic E-state index is -0.295. The molecule has 7 nitrogen and oxygen atoms in total. The fourth-order valence-electron chi connectivity index (χ4n) is 2.49. The van der Waals surface area contributed by atoms with Crippen LogP contribution >= 0.6 is 0 Å². The summed E-state index contributed by atoms with van der Waals surface area (Å²) >= 11 is 0. The molecule has 2 heterocycles. The maximum atomic E-state index is 12.3. The van der Waals surface area contributed by atoms with Crippen LogP contribution in [0.4, 0.5) is 5.69 Å². The second-order valence-corrected chi connectivity index (χ2v) is 5.83. The highest BCUT2D eigenvalue weighted by atomic mass is 16.2. The third-order valence-corrected chi connectivity index (χ3v) is 3.81. The van der Waals surface area contributed by atoms with Gasteiger partial charge in [-0.05, 0) is 42.8 Å². The first-order valence-corrected chi connectivity index (χ1v) is 8.34. The molecule has 0 radical (unpaired) electrons. The van der Waals surface area contributed by atoms with Crippen LogP contribution in [-0.4, -0.2) is 33.6 Å². The second-order valence-electron chi connectivity index (χ2n) is 5.83. The van der Waals surface area contributed by atoms with E-state index in [0.29, 0.717) is 16.8 Å². The van der Waals surface area contributed by atoms with Crippen LogP contribution in [0.25, 0.3) is 11.8 Å². The number of para-hydroxylation sites is 2. The van der Waals surface area contributed by atoms with Crippen molar-refractivity contribution >= 4 is 23.6 Å². The Balaban J connectivity index is 1.75. The zero-order chi connectivity index (χ0) is 19.2. The van der Waals surface area contributed by atoms with E-state index >= 15 is 0 Å². The zero-order valence-corrected chi connectivity index (χ0v) is 15.0. The maximum absolute atomic E-state index is 12.3. The number of hydrogen-bond donors (Lipinski definition) is 2. The van der Waals surface area contributed by atoms with Crippen LogP contribution in [0.2, 0.25) is 0 Å². The lowest BCUT2D eigenvalue weighted by atomic mass is 10.2. The Hall–Kier alpha value is -3.74. The first kappa shape index (κ1) is 18.1. The molecule has 0 spiro atoms. The monoisotopic (exact) mass is 361 g/mol. The van der Waals surface area contributed by atoms with E-state index in [0.717, 1.165) is 11.4 Å². The Morgan fingerprint density at radius 3 is 2.70 bits per heavy atom. The smallest absolute Gasteiger partial charge is 0.252 e. The molecule has 2 amide bonds. The summed E-state index contributed by atoms with van der Waals surface area (Å²) in [5.74, 6) is -0.526. The van der Waals surface area contributed by atoms with Gasteiger partial charge in [0.1, 0.15) is 0 Å². The Bertz CT molecular complexity index is 1010. The number of carbonyl (C=O) groups excluding carboxylic acids is 2. The van der Waals surface area contributed by atoms with Gasteiger partial charge in [-0.1, -0.05) is 12.1 Å². The minimum Gasteiger partial charge on any atom is -0.355 e. The van der Waals surface area contributed by atoms with Gasteiger partial charge in [-0.25, -0.2) is 4.68 Å². The number of nitrogens with one attached hydrogen (secondary N) is 2. The molecule has 3 rings (SSSR count). The van der Waals surface area contributed by atoms with Gasteiger partial charge in [0.05, 0.1) is 22.6 Å². The number of pyridine rings is 1. The van der Waals surface area contributed by atoms with Gasteiger partial charge in [0.2, 0.25) is 5.91 Å². The highest BCUT2D eigenvalue weighted by Gasteiger charge is 2.08. The van der Waals surface area contributed by atoms with E-state index in [9.17, 15) is 9.59 Å². The van der Waals surface area contributed by atoms with E-state index in [1.807, 2.05) is 43.5 Å². The number of aromatic nitrogens is 3. The van der Waals surface area contributed by atoms with Crippen molar-refractivity contribution in [1.29, 1.82) is 0 Å². The van der Waals surface area contributed by atoms with Crippen molar-refractivity contribution in [2.75, 3.05) is 12.4 Å². The fourth-order valence-corrected chi connectivity index (χ4v) is 2.49. The van der Waals surface area contributed by atoms with Gasteiger partial charge < -0.3 is 10.6 Å². The summed E-state index contributed by atoms with van der Waals surface area (Å²) in [5, 5.41) is 9.77. The fraction of sp³-hybridized carbons (Fsp3) is 0.100. The molecular formula is C20H19N5O2. The van der Waals surface area contributed by atoms with Crippen molar-refractivity contribution in [1.82, 2.24) is 20.1 Å². The van der Waals surface area contributed by atoms with Gasteiger partial charge in [0.25, 0.3) is 5.91 Å². The van der Waals surface area contributed by atoms with Gasteiger partial charge in [0.15, 0.2) is 0 Å². The molecule has 0 unspecified atom stereocenters. The molecule has 0 bridgehead atoms. The molecule has 2 aromatic heterocycles. The van der Waals surface area contributed by atoms with E-state index in [4.69, 9.17) is 0 Å². The predicted molar refractivity (Wildman–Crippen MR) is 104 cm³/mol. The maximum Gasteiger partial charge on any atom is 0.252 e. The number of aryl methyl sites for hydroxylation is 1. The second kappa shape index (κ2) is 8.09. The van der Waals surface area contributed by atoms with Gasteiger partial charge in [-0.15, -0.1) is 0 Å². The summed E-state index contributed by atoms with van der Waals surface area (Å²) in [6.45, 7) is 1.90. The van der Waals surface area contributed by atoms with Crippen molar-refractivity contribution in [2.24, 2.45) is 0 Å². The third-order valence-electron chi connectivity index (χ3n) is 3.81. The lowest BCUT2D eigenvalue weighted by Gasteiger charge is -2.09. The number of hydrogen-bond acceptors (Lipinski definition) is 4. The number of amides is 2. The van der Waals surface area contributed by atoms with Crippen molar-refractivity contribution < 1.29 is 9.59 Å². The van der Waals surface area contributed by atoms with Gasteiger partial charge in [-0.2, -0.15) is 5.10 Å². The summed E-state index contributed by atoms with van der Waals surface area (Å²) in [7, 11) is 1.55. The van der Waals surface area contributed by atoms with Crippen LogP contribution in [-0.2, 0) is 4.79 Å². The summed E-state index contributed by atoms with van der Waals surface area (Å²) in [4.78, 5) is 28.0. The zero-order valence-electron chi connectivity index (χ0n) is 15.0. The molecule has 3 aromatic rings. The average Bonchev–Trinajstić information content (AvgIpc) is 3.12. The van der Waals surface area contributed by atoms with E-state index in [1.54, 1.807) is 30.1 Å². The first-order chi connectivity index (χ1) is 13.1. The SMILES string of the molecule is CNC(=O)c1cncc(/C=C/C(=O)Nc2ccccc2-n2ccc(C)n2)c1.